The van der Waals surface area contributed by atoms with Crippen LogP contribution >= 0.6 is 11.8 Å². The van der Waals surface area contributed by atoms with Crippen molar-refractivity contribution in [1.82, 2.24) is 20.5 Å². The zero-order chi connectivity index (χ0) is 15.7. The van der Waals surface area contributed by atoms with Crippen LogP contribution in [0.25, 0.3) is 0 Å². The van der Waals surface area contributed by atoms with Gasteiger partial charge >= 0.3 is 0 Å². The number of rotatable bonds is 4. The molecule has 2 rings (SSSR count). The number of nitrogens with zero attached hydrogens (tertiary/aromatic N) is 2. The van der Waals surface area contributed by atoms with Gasteiger partial charge in [0.25, 0.3) is 0 Å². The largest absolute Gasteiger partial charge is 0.352 e. The van der Waals surface area contributed by atoms with Crippen LogP contribution in [-0.2, 0) is 20.0 Å². The first-order valence-electron chi connectivity index (χ1n) is 6.71. The summed E-state index contributed by atoms with van der Waals surface area (Å²) in [6.07, 6.45) is 0.494. The van der Waals surface area contributed by atoms with Crippen LogP contribution in [0.3, 0.4) is 0 Å². The number of carbonyl (C=O) groups is 1. The Kier molecular flexibility index (Phi) is 4.62. The van der Waals surface area contributed by atoms with Crippen molar-refractivity contribution in [1.29, 1.82) is 0 Å². The Hall–Kier alpha value is -1.09. The van der Waals surface area contributed by atoms with E-state index in [9.17, 15) is 13.2 Å². The fourth-order valence-electron chi connectivity index (χ4n) is 1.95. The van der Waals surface area contributed by atoms with E-state index in [0.29, 0.717) is 11.6 Å². The Morgan fingerprint density at radius 3 is 2.71 bits per heavy atom. The molecule has 1 amide bonds. The first-order chi connectivity index (χ1) is 9.66. The lowest BCUT2D eigenvalue weighted by Crippen LogP contribution is -2.36. The molecule has 1 fully saturated rings. The van der Waals surface area contributed by atoms with Gasteiger partial charge in [0, 0.05) is 11.5 Å². The molecule has 1 atom stereocenters. The van der Waals surface area contributed by atoms with Crippen LogP contribution in [0, 0.1) is 0 Å². The molecule has 1 aromatic rings. The average Bonchev–Trinajstić information content (AvgIpc) is 2.93. The molecule has 0 aromatic carbocycles. The van der Waals surface area contributed by atoms with Gasteiger partial charge in [0.05, 0.1) is 17.3 Å². The van der Waals surface area contributed by atoms with Gasteiger partial charge in [-0.25, -0.2) is 13.4 Å². The summed E-state index contributed by atoms with van der Waals surface area (Å²) in [7, 11) is -2.97. The number of aromatic amines is 1. The van der Waals surface area contributed by atoms with Crippen LogP contribution < -0.4 is 5.32 Å². The lowest BCUT2D eigenvalue weighted by atomic mass is 9.96. The molecule has 0 spiro atoms. The number of carbonyl (C=O) groups excluding carboxylic acids is 1. The second-order valence-electron chi connectivity index (χ2n) is 6.17. The first kappa shape index (κ1) is 16.3. The summed E-state index contributed by atoms with van der Waals surface area (Å²) < 4.78 is 22.6. The van der Waals surface area contributed by atoms with Crippen LogP contribution in [-0.4, -0.2) is 52.8 Å². The maximum absolute atomic E-state index is 11.8. The van der Waals surface area contributed by atoms with Crippen LogP contribution in [0.2, 0.25) is 0 Å². The molecule has 1 aromatic heterocycles. The minimum atomic E-state index is -2.97. The quantitative estimate of drug-likeness (QED) is 0.778. The van der Waals surface area contributed by atoms with Crippen molar-refractivity contribution in [3.8, 4) is 0 Å². The number of hydrogen-bond acceptors (Lipinski definition) is 6. The zero-order valence-corrected chi connectivity index (χ0v) is 14.0. The number of nitrogens with one attached hydrogen (secondary N) is 2. The molecule has 21 heavy (non-hydrogen) atoms. The third kappa shape index (κ3) is 4.70. The zero-order valence-electron chi connectivity index (χ0n) is 12.3. The third-order valence-electron chi connectivity index (χ3n) is 3.11. The first-order valence-corrected chi connectivity index (χ1v) is 9.52. The predicted octanol–water partition coefficient (Wildman–Crippen LogP) is 0.498. The topological polar surface area (TPSA) is 105 Å². The van der Waals surface area contributed by atoms with Gasteiger partial charge < -0.3 is 5.32 Å². The van der Waals surface area contributed by atoms with Gasteiger partial charge in [-0.15, -0.1) is 5.10 Å². The smallest absolute Gasteiger partial charge is 0.230 e. The maximum atomic E-state index is 11.8. The van der Waals surface area contributed by atoms with Crippen molar-refractivity contribution < 1.29 is 13.2 Å². The lowest BCUT2D eigenvalue weighted by molar-refractivity contribution is -0.119. The molecule has 2 N–H and O–H groups in total. The van der Waals surface area contributed by atoms with E-state index in [1.54, 1.807) is 0 Å². The van der Waals surface area contributed by atoms with E-state index < -0.39 is 9.84 Å². The van der Waals surface area contributed by atoms with E-state index in [1.807, 2.05) is 20.8 Å². The Morgan fingerprint density at radius 1 is 1.48 bits per heavy atom. The van der Waals surface area contributed by atoms with E-state index in [0.717, 1.165) is 5.82 Å². The minimum Gasteiger partial charge on any atom is -0.352 e. The van der Waals surface area contributed by atoms with Gasteiger partial charge in [-0.05, 0) is 6.42 Å². The van der Waals surface area contributed by atoms with E-state index in [-0.39, 0.29) is 34.6 Å². The minimum absolute atomic E-state index is 0.0399. The molecule has 0 saturated carbocycles. The van der Waals surface area contributed by atoms with Gasteiger partial charge in [0.15, 0.2) is 9.84 Å². The van der Waals surface area contributed by atoms with Gasteiger partial charge in [-0.1, -0.05) is 32.5 Å². The summed E-state index contributed by atoms with van der Waals surface area (Å²) in [6.45, 7) is 6.07. The van der Waals surface area contributed by atoms with Crippen LogP contribution in [0.1, 0.15) is 33.0 Å². The van der Waals surface area contributed by atoms with E-state index >= 15 is 0 Å². The highest BCUT2D eigenvalue weighted by atomic mass is 32.2. The number of aromatic nitrogens is 3. The van der Waals surface area contributed by atoms with E-state index in [1.165, 1.54) is 11.8 Å². The average molecular weight is 332 g/mol. The summed E-state index contributed by atoms with van der Waals surface area (Å²) in [6, 6.07) is -0.264. The number of sulfone groups is 1. The van der Waals surface area contributed by atoms with E-state index in [4.69, 9.17) is 0 Å². The summed E-state index contributed by atoms with van der Waals surface area (Å²) in [5.41, 5.74) is -0.119. The third-order valence-corrected chi connectivity index (χ3v) is 5.72. The predicted molar refractivity (Wildman–Crippen MR) is 81.0 cm³/mol. The second-order valence-corrected chi connectivity index (χ2v) is 9.34. The summed E-state index contributed by atoms with van der Waals surface area (Å²) in [5, 5.41) is 10.2. The summed E-state index contributed by atoms with van der Waals surface area (Å²) in [4.78, 5) is 16.1. The molecule has 1 unspecified atom stereocenters. The van der Waals surface area contributed by atoms with Crippen LogP contribution in [0.15, 0.2) is 5.16 Å². The summed E-state index contributed by atoms with van der Waals surface area (Å²) >= 11 is 1.23. The van der Waals surface area contributed by atoms with Gasteiger partial charge in [0.1, 0.15) is 5.82 Å². The van der Waals surface area contributed by atoms with Crippen molar-refractivity contribution in [3.05, 3.63) is 5.82 Å². The number of H-pyrrole nitrogens is 1. The monoisotopic (exact) mass is 332 g/mol. The standard InChI is InChI=1S/C12H20N4O3S2/c1-12(2,3)10-14-11(16-15-10)20-6-9(17)13-8-4-5-21(18,19)7-8/h8H,4-7H2,1-3H3,(H,13,17)(H,14,15,16). The molecular formula is C12H20N4O3S2. The second kappa shape index (κ2) is 5.96. The molecule has 0 aliphatic carbocycles. The van der Waals surface area contributed by atoms with Crippen molar-refractivity contribution in [2.75, 3.05) is 17.3 Å². The van der Waals surface area contributed by atoms with Crippen molar-refractivity contribution in [3.63, 3.8) is 0 Å². The molecular weight excluding hydrogens is 312 g/mol. The SMILES string of the molecule is CC(C)(C)c1nc(SCC(=O)NC2CCS(=O)(=O)C2)n[nH]1. The Balaban J connectivity index is 1.81. The molecule has 1 aliphatic rings. The molecule has 0 bridgehead atoms. The highest BCUT2D eigenvalue weighted by Crippen LogP contribution is 2.21. The number of hydrogen-bond donors (Lipinski definition) is 2. The maximum Gasteiger partial charge on any atom is 0.230 e. The van der Waals surface area contributed by atoms with Crippen LogP contribution in [0.5, 0.6) is 0 Å². The Morgan fingerprint density at radius 2 is 2.19 bits per heavy atom. The van der Waals surface area contributed by atoms with Gasteiger partial charge in [-0.2, -0.15) is 0 Å². The lowest BCUT2D eigenvalue weighted by Gasteiger charge is -2.12. The fraction of sp³-hybridized carbons (Fsp3) is 0.750. The molecule has 1 aliphatic heterocycles. The van der Waals surface area contributed by atoms with Crippen LogP contribution in [0.4, 0.5) is 0 Å². The molecule has 118 valence electrons. The molecule has 0 radical (unpaired) electrons. The number of thioether (sulfide) groups is 1. The molecule has 9 heteroatoms. The Labute approximate surface area is 128 Å². The summed E-state index contributed by atoms with van der Waals surface area (Å²) in [5.74, 6) is 0.952. The van der Waals surface area contributed by atoms with Crippen molar-refractivity contribution in [2.45, 2.75) is 43.8 Å². The van der Waals surface area contributed by atoms with Gasteiger partial charge in [-0.3, -0.25) is 9.89 Å². The van der Waals surface area contributed by atoms with Gasteiger partial charge in [0.2, 0.25) is 11.1 Å². The number of amides is 1. The fourth-order valence-corrected chi connectivity index (χ4v) is 4.24. The highest BCUT2D eigenvalue weighted by molar-refractivity contribution is 7.99. The molecule has 7 nitrogen and oxygen atoms in total. The van der Waals surface area contributed by atoms with E-state index in [2.05, 4.69) is 20.5 Å². The van der Waals surface area contributed by atoms with Crippen molar-refractivity contribution in [2.24, 2.45) is 0 Å². The van der Waals surface area contributed by atoms with Crippen molar-refractivity contribution >= 4 is 27.5 Å². The normalized spacial score (nSPS) is 21.4. The molecule has 2 heterocycles. The molecule has 1 saturated heterocycles. The highest BCUT2D eigenvalue weighted by Gasteiger charge is 2.29. The Bertz CT molecular complexity index is 619.